The number of nitrogens with zero attached hydrogens (tertiary/aromatic N) is 2. The Labute approximate surface area is 149 Å². The number of aryl methyl sites for hydroxylation is 1. The Hall–Kier alpha value is -0.860. The topological polar surface area (TPSA) is 6.48 Å². The predicted octanol–water partition coefficient (Wildman–Crippen LogP) is 4.69. The van der Waals surface area contributed by atoms with Gasteiger partial charge < -0.3 is 4.90 Å². The molecule has 134 valence electrons. The van der Waals surface area contributed by atoms with Crippen LogP contribution in [0, 0.1) is 0 Å². The minimum atomic E-state index is 0.271. The summed E-state index contributed by atoms with van der Waals surface area (Å²) >= 11 is 0. The van der Waals surface area contributed by atoms with Gasteiger partial charge in [0, 0.05) is 17.6 Å². The largest absolute Gasteiger partial charge is 0.302 e. The maximum absolute atomic E-state index is 2.69. The fraction of sp³-hybridized carbons (Fsp3) is 0.727. The molecule has 0 bridgehead atoms. The van der Waals surface area contributed by atoms with Gasteiger partial charge in [-0.25, -0.2) is 0 Å². The van der Waals surface area contributed by atoms with E-state index in [1.54, 1.807) is 5.56 Å². The molecule has 1 aromatic carbocycles. The third-order valence-corrected chi connectivity index (χ3v) is 6.33. The van der Waals surface area contributed by atoms with E-state index in [-0.39, 0.29) is 5.54 Å². The highest BCUT2D eigenvalue weighted by Crippen LogP contribution is 2.40. The Kier molecular flexibility index (Phi) is 5.09. The molecule has 1 aliphatic carbocycles. The Morgan fingerprint density at radius 1 is 1.21 bits per heavy atom. The van der Waals surface area contributed by atoms with Crippen LogP contribution in [0.15, 0.2) is 24.3 Å². The molecule has 0 spiro atoms. The Morgan fingerprint density at radius 2 is 1.96 bits per heavy atom. The third-order valence-electron chi connectivity index (χ3n) is 6.33. The lowest BCUT2D eigenvalue weighted by atomic mass is 9.81. The van der Waals surface area contributed by atoms with Crippen molar-refractivity contribution in [3.63, 3.8) is 0 Å². The first kappa shape index (κ1) is 17.9. The van der Waals surface area contributed by atoms with Crippen molar-refractivity contribution >= 4 is 0 Å². The molecule has 1 saturated carbocycles. The van der Waals surface area contributed by atoms with Crippen LogP contribution in [0.3, 0.4) is 0 Å². The minimum Gasteiger partial charge on any atom is -0.302 e. The van der Waals surface area contributed by atoms with E-state index in [0.29, 0.717) is 5.54 Å². The number of likely N-dealkylation sites (N-methyl/N-ethyl adjacent to an activating group) is 1. The molecule has 2 fully saturated rings. The van der Waals surface area contributed by atoms with Crippen LogP contribution in [0.25, 0.3) is 0 Å². The maximum atomic E-state index is 2.69. The van der Waals surface area contributed by atoms with Crippen LogP contribution in [-0.2, 0) is 6.42 Å². The molecule has 2 heteroatoms. The van der Waals surface area contributed by atoms with Gasteiger partial charge in [0.05, 0.1) is 0 Å². The average molecular weight is 329 g/mol. The van der Waals surface area contributed by atoms with E-state index in [0.717, 1.165) is 5.92 Å². The van der Waals surface area contributed by atoms with Gasteiger partial charge in [0.2, 0.25) is 0 Å². The summed E-state index contributed by atoms with van der Waals surface area (Å²) in [5.74, 6) is 0.860. The molecule has 3 rings (SSSR count). The van der Waals surface area contributed by atoms with Gasteiger partial charge in [0.1, 0.15) is 0 Å². The number of benzene rings is 1. The second kappa shape index (κ2) is 6.80. The first-order valence-electron chi connectivity index (χ1n) is 9.81. The van der Waals surface area contributed by atoms with Gasteiger partial charge in [-0.3, -0.25) is 4.90 Å². The monoisotopic (exact) mass is 328 g/mol. The van der Waals surface area contributed by atoms with E-state index >= 15 is 0 Å². The first-order valence-corrected chi connectivity index (χ1v) is 9.81. The molecule has 2 aliphatic rings. The van der Waals surface area contributed by atoms with Crippen molar-refractivity contribution in [2.45, 2.75) is 76.3 Å². The lowest BCUT2D eigenvalue weighted by molar-refractivity contribution is -0.00392. The highest BCUT2D eigenvalue weighted by Gasteiger charge is 2.40. The van der Waals surface area contributed by atoms with Crippen molar-refractivity contribution in [1.29, 1.82) is 0 Å². The summed E-state index contributed by atoms with van der Waals surface area (Å²) in [5, 5.41) is 0. The van der Waals surface area contributed by atoms with E-state index in [1.807, 2.05) is 0 Å². The van der Waals surface area contributed by atoms with Crippen molar-refractivity contribution in [2.24, 2.45) is 0 Å². The summed E-state index contributed by atoms with van der Waals surface area (Å²) in [7, 11) is 4.57. The normalized spacial score (nSPS) is 26.1. The predicted molar refractivity (Wildman–Crippen MR) is 104 cm³/mol. The van der Waals surface area contributed by atoms with Crippen LogP contribution in [0.5, 0.6) is 0 Å². The molecular formula is C22H36N2. The number of hydrogen-bond acceptors (Lipinski definition) is 2. The van der Waals surface area contributed by atoms with Gasteiger partial charge in [0.15, 0.2) is 0 Å². The summed E-state index contributed by atoms with van der Waals surface area (Å²) in [6.07, 6.45) is 7.90. The van der Waals surface area contributed by atoms with Crippen LogP contribution in [0.2, 0.25) is 0 Å². The molecule has 0 aromatic heterocycles. The van der Waals surface area contributed by atoms with Crippen molar-refractivity contribution in [3.05, 3.63) is 35.4 Å². The van der Waals surface area contributed by atoms with Gasteiger partial charge in [-0.1, -0.05) is 24.3 Å². The van der Waals surface area contributed by atoms with E-state index in [2.05, 4.69) is 68.9 Å². The van der Waals surface area contributed by atoms with E-state index < -0.39 is 0 Å². The lowest BCUT2D eigenvalue weighted by Gasteiger charge is -2.51. The second-order valence-electron chi connectivity index (χ2n) is 9.33. The Morgan fingerprint density at radius 3 is 2.58 bits per heavy atom. The zero-order valence-corrected chi connectivity index (χ0v) is 16.4. The van der Waals surface area contributed by atoms with E-state index in [4.69, 9.17) is 0 Å². The SMILES string of the molecule is CN(C)[C@]1(CCc2cccc(C3CC3)c2)CCCN(C(C)(C)C)C1. The van der Waals surface area contributed by atoms with Gasteiger partial charge in [-0.15, -0.1) is 0 Å². The van der Waals surface area contributed by atoms with Crippen LogP contribution in [0.1, 0.15) is 69.9 Å². The van der Waals surface area contributed by atoms with Gasteiger partial charge in [-0.05, 0) is 97.0 Å². The van der Waals surface area contributed by atoms with Crippen molar-refractivity contribution in [3.8, 4) is 0 Å². The van der Waals surface area contributed by atoms with Crippen LogP contribution >= 0.6 is 0 Å². The first-order chi connectivity index (χ1) is 11.3. The number of hydrogen-bond donors (Lipinski definition) is 0. The van der Waals surface area contributed by atoms with Gasteiger partial charge in [-0.2, -0.15) is 0 Å². The summed E-state index contributed by atoms with van der Waals surface area (Å²) in [6.45, 7) is 9.52. The average Bonchev–Trinajstić information content (AvgIpc) is 3.37. The van der Waals surface area contributed by atoms with E-state index in [9.17, 15) is 0 Å². The zero-order chi connectivity index (χ0) is 17.4. The fourth-order valence-electron chi connectivity index (χ4n) is 4.27. The maximum Gasteiger partial charge on any atom is 0.0334 e. The molecular weight excluding hydrogens is 292 g/mol. The van der Waals surface area contributed by atoms with Crippen molar-refractivity contribution in [1.82, 2.24) is 9.80 Å². The van der Waals surface area contributed by atoms with Crippen LogP contribution in [-0.4, -0.2) is 48.1 Å². The summed E-state index contributed by atoms with van der Waals surface area (Å²) in [4.78, 5) is 5.20. The summed E-state index contributed by atoms with van der Waals surface area (Å²) in [5.41, 5.74) is 3.70. The Balaban J connectivity index is 1.70. The van der Waals surface area contributed by atoms with Crippen molar-refractivity contribution < 1.29 is 0 Å². The molecule has 0 unspecified atom stereocenters. The van der Waals surface area contributed by atoms with Gasteiger partial charge >= 0.3 is 0 Å². The summed E-state index contributed by atoms with van der Waals surface area (Å²) < 4.78 is 0. The standard InChI is InChI=1S/C22H36N2/c1-21(2,3)24-15-7-13-22(17-24,23(4)5)14-12-18-8-6-9-20(16-18)19-10-11-19/h6,8-9,16,19H,7,10-15,17H2,1-5H3/t22-/m0/s1. The second-order valence-corrected chi connectivity index (χ2v) is 9.33. The zero-order valence-electron chi connectivity index (χ0n) is 16.4. The highest BCUT2D eigenvalue weighted by molar-refractivity contribution is 5.29. The number of likely N-dealkylation sites (tertiary alicyclic amines) is 1. The molecule has 0 N–H and O–H groups in total. The Bertz CT molecular complexity index is 553. The number of piperidine rings is 1. The van der Waals surface area contributed by atoms with Crippen LogP contribution < -0.4 is 0 Å². The van der Waals surface area contributed by atoms with Crippen LogP contribution in [0.4, 0.5) is 0 Å². The molecule has 0 radical (unpaired) electrons. The fourth-order valence-corrected chi connectivity index (χ4v) is 4.27. The molecule has 1 aromatic rings. The molecule has 1 saturated heterocycles. The smallest absolute Gasteiger partial charge is 0.0334 e. The molecule has 0 amide bonds. The van der Waals surface area contributed by atoms with Gasteiger partial charge in [0.25, 0.3) is 0 Å². The molecule has 1 heterocycles. The molecule has 24 heavy (non-hydrogen) atoms. The molecule has 1 atom stereocenters. The summed E-state index contributed by atoms with van der Waals surface area (Å²) in [6, 6.07) is 9.41. The quantitative estimate of drug-likeness (QED) is 0.773. The lowest BCUT2D eigenvalue weighted by Crippen LogP contribution is -2.60. The number of rotatable bonds is 5. The van der Waals surface area contributed by atoms with E-state index in [1.165, 1.54) is 57.2 Å². The molecule has 1 aliphatic heterocycles. The van der Waals surface area contributed by atoms with Crippen molar-refractivity contribution in [2.75, 3.05) is 27.2 Å². The third kappa shape index (κ3) is 4.03. The molecule has 2 nitrogen and oxygen atoms in total. The highest BCUT2D eigenvalue weighted by atomic mass is 15.3. The minimum absolute atomic E-state index is 0.271.